The number of carbonyl (C=O) groups is 1. The minimum absolute atomic E-state index is 0.197. The average molecular weight is 354 g/mol. The summed E-state index contributed by atoms with van der Waals surface area (Å²) in [6.45, 7) is 7.57. The lowest BCUT2D eigenvalue weighted by atomic mass is 10.1. The molecule has 1 aromatic carbocycles. The van der Waals surface area contributed by atoms with Crippen LogP contribution in [0.3, 0.4) is 0 Å². The van der Waals surface area contributed by atoms with E-state index in [2.05, 4.69) is 0 Å². The van der Waals surface area contributed by atoms with Crippen LogP contribution in [0.15, 0.2) is 36.4 Å². The molecule has 134 valence electrons. The smallest absolute Gasteiger partial charge is 0.345 e. The van der Waals surface area contributed by atoms with Gasteiger partial charge in [-0.05, 0) is 32.3 Å². The SMILES string of the molecule is CCOC(=O)[C@@H]([C@@H](C)/C=C/c1ccccc1)P(=O)(OCC)OCC. The fraction of sp³-hybridized carbons (Fsp3) is 0.500. The van der Waals surface area contributed by atoms with Gasteiger partial charge in [0.25, 0.3) is 0 Å². The lowest BCUT2D eigenvalue weighted by Gasteiger charge is -2.27. The second-order valence-corrected chi connectivity index (χ2v) is 7.35. The van der Waals surface area contributed by atoms with Crippen LogP contribution >= 0.6 is 7.60 Å². The third kappa shape index (κ3) is 5.90. The highest BCUT2D eigenvalue weighted by Crippen LogP contribution is 2.56. The molecule has 0 spiro atoms. The number of carbonyl (C=O) groups excluding carboxylic acids is 1. The molecule has 0 aliphatic carbocycles. The van der Waals surface area contributed by atoms with E-state index < -0.39 is 19.2 Å². The van der Waals surface area contributed by atoms with Crippen LogP contribution < -0.4 is 0 Å². The molecule has 0 unspecified atom stereocenters. The fourth-order valence-corrected chi connectivity index (χ4v) is 4.47. The molecular weight excluding hydrogens is 327 g/mol. The van der Waals surface area contributed by atoms with Gasteiger partial charge in [0, 0.05) is 0 Å². The zero-order chi connectivity index (χ0) is 18.0. The summed E-state index contributed by atoms with van der Waals surface area (Å²) >= 11 is 0. The third-order valence-electron chi connectivity index (χ3n) is 3.38. The molecule has 1 rings (SSSR count). The number of hydrogen-bond donors (Lipinski definition) is 0. The molecule has 2 atom stereocenters. The Kier molecular flexibility index (Phi) is 8.98. The van der Waals surface area contributed by atoms with E-state index >= 15 is 0 Å². The summed E-state index contributed by atoms with van der Waals surface area (Å²) in [6.07, 6.45) is 3.72. The topological polar surface area (TPSA) is 61.8 Å². The Morgan fingerprint density at radius 1 is 1.08 bits per heavy atom. The van der Waals surface area contributed by atoms with Crippen LogP contribution in [0.1, 0.15) is 33.3 Å². The molecule has 0 fully saturated rings. The number of ether oxygens (including phenoxy) is 1. The maximum atomic E-state index is 13.1. The molecule has 6 heteroatoms. The molecule has 0 saturated heterocycles. The molecule has 1 aromatic rings. The maximum absolute atomic E-state index is 13.1. The summed E-state index contributed by atoms with van der Waals surface area (Å²) in [6, 6.07) is 9.69. The van der Waals surface area contributed by atoms with Crippen LogP contribution in [0.4, 0.5) is 0 Å². The number of allylic oxidation sites excluding steroid dienone is 1. The van der Waals surface area contributed by atoms with E-state index in [0.29, 0.717) is 0 Å². The zero-order valence-corrected chi connectivity index (χ0v) is 15.7. The summed E-state index contributed by atoms with van der Waals surface area (Å²) in [5.41, 5.74) is 0.00641. The van der Waals surface area contributed by atoms with Crippen molar-refractivity contribution in [3.05, 3.63) is 42.0 Å². The van der Waals surface area contributed by atoms with Gasteiger partial charge in [-0.15, -0.1) is 0 Å². The van der Waals surface area contributed by atoms with Crippen molar-refractivity contribution in [2.75, 3.05) is 19.8 Å². The minimum Gasteiger partial charge on any atom is -0.465 e. The van der Waals surface area contributed by atoms with Gasteiger partial charge < -0.3 is 13.8 Å². The first-order chi connectivity index (χ1) is 11.5. The monoisotopic (exact) mass is 354 g/mol. The van der Waals surface area contributed by atoms with Gasteiger partial charge >= 0.3 is 13.6 Å². The Labute approximate surface area is 144 Å². The largest absolute Gasteiger partial charge is 0.465 e. The van der Waals surface area contributed by atoms with Crippen molar-refractivity contribution in [1.82, 2.24) is 0 Å². The van der Waals surface area contributed by atoms with Gasteiger partial charge in [0.15, 0.2) is 5.66 Å². The zero-order valence-electron chi connectivity index (χ0n) is 14.8. The number of hydrogen-bond acceptors (Lipinski definition) is 5. The van der Waals surface area contributed by atoms with E-state index in [1.54, 1.807) is 20.8 Å². The second-order valence-electron chi connectivity index (χ2n) is 5.20. The van der Waals surface area contributed by atoms with Gasteiger partial charge in [0.2, 0.25) is 0 Å². The van der Waals surface area contributed by atoms with Crippen molar-refractivity contribution in [1.29, 1.82) is 0 Å². The first-order valence-corrected chi connectivity index (χ1v) is 9.88. The highest BCUT2D eigenvalue weighted by molar-refractivity contribution is 7.55. The highest BCUT2D eigenvalue weighted by Gasteiger charge is 2.45. The molecule has 24 heavy (non-hydrogen) atoms. The second kappa shape index (κ2) is 10.4. The summed E-state index contributed by atoms with van der Waals surface area (Å²) in [5.74, 6) is -0.930. The van der Waals surface area contributed by atoms with Gasteiger partial charge in [0.1, 0.15) is 0 Å². The van der Waals surface area contributed by atoms with Crippen LogP contribution in [0.5, 0.6) is 0 Å². The lowest BCUT2D eigenvalue weighted by molar-refractivity contribution is -0.143. The van der Waals surface area contributed by atoms with Crippen LogP contribution in [-0.4, -0.2) is 31.4 Å². The summed E-state index contributed by atoms with van der Waals surface area (Å²) < 4.78 is 29.0. The van der Waals surface area contributed by atoms with Crippen molar-refractivity contribution in [2.24, 2.45) is 5.92 Å². The molecule has 0 heterocycles. The van der Waals surface area contributed by atoms with Gasteiger partial charge in [-0.2, -0.15) is 0 Å². The van der Waals surface area contributed by atoms with Crippen LogP contribution in [-0.2, 0) is 23.1 Å². The summed E-state index contributed by atoms with van der Waals surface area (Å²) in [4.78, 5) is 12.4. The van der Waals surface area contributed by atoms with Crippen LogP contribution in [0.25, 0.3) is 6.08 Å². The van der Waals surface area contributed by atoms with E-state index in [1.807, 2.05) is 49.4 Å². The molecule has 0 bridgehead atoms. The van der Waals surface area contributed by atoms with Crippen molar-refractivity contribution >= 4 is 19.6 Å². The normalized spacial score (nSPS) is 14.5. The van der Waals surface area contributed by atoms with Crippen molar-refractivity contribution in [3.63, 3.8) is 0 Å². The molecule has 5 nitrogen and oxygen atoms in total. The van der Waals surface area contributed by atoms with Crippen molar-refractivity contribution in [3.8, 4) is 0 Å². The Morgan fingerprint density at radius 2 is 1.67 bits per heavy atom. The Hall–Kier alpha value is -1.42. The highest BCUT2D eigenvalue weighted by atomic mass is 31.2. The lowest BCUT2D eigenvalue weighted by Crippen LogP contribution is -2.31. The molecule has 0 saturated carbocycles. The molecular formula is C18H27O5P. The Balaban J connectivity index is 3.09. The first-order valence-electron chi connectivity index (χ1n) is 8.27. The molecule has 0 amide bonds. The number of esters is 1. The number of rotatable bonds is 10. The minimum atomic E-state index is -3.62. The molecule has 0 aromatic heterocycles. The number of benzene rings is 1. The summed E-state index contributed by atoms with van der Waals surface area (Å²) in [5, 5.41) is 0. The fourth-order valence-electron chi connectivity index (χ4n) is 2.35. The van der Waals surface area contributed by atoms with Crippen LogP contribution in [0.2, 0.25) is 0 Å². The quantitative estimate of drug-likeness (QED) is 0.456. The van der Waals surface area contributed by atoms with E-state index in [1.165, 1.54) is 0 Å². The van der Waals surface area contributed by atoms with Crippen LogP contribution in [0, 0.1) is 5.92 Å². The van der Waals surface area contributed by atoms with Gasteiger partial charge in [-0.25, -0.2) is 0 Å². The van der Waals surface area contributed by atoms with E-state index in [-0.39, 0.29) is 25.7 Å². The molecule has 0 radical (unpaired) electrons. The van der Waals surface area contributed by atoms with E-state index in [0.717, 1.165) is 5.56 Å². The first kappa shape index (κ1) is 20.6. The third-order valence-corrected chi connectivity index (χ3v) is 5.98. The Morgan fingerprint density at radius 3 is 2.17 bits per heavy atom. The van der Waals surface area contributed by atoms with E-state index in [9.17, 15) is 9.36 Å². The predicted molar refractivity (Wildman–Crippen MR) is 95.9 cm³/mol. The maximum Gasteiger partial charge on any atom is 0.345 e. The predicted octanol–water partition coefficient (Wildman–Crippen LogP) is 4.53. The molecule has 0 aliphatic heterocycles. The van der Waals surface area contributed by atoms with Gasteiger partial charge in [-0.3, -0.25) is 9.36 Å². The Bertz CT molecular complexity index is 560. The molecule has 0 aliphatic rings. The van der Waals surface area contributed by atoms with Gasteiger partial charge in [-0.1, -0.05) is 49.4 Å². The van der Waals surface area contributed by atoms with E-state index in [4.69, 9.17) is 13.8 Å². The molecule has 0 N–H and O–H groups in total. The van der Waals surface area contributed by atoms with Gasteiger partial charge in [0.05, 0.1) is 19.8 Å². The van der Waals surface area contributed by atoms with Crippen molar-refractivity contribution in [2.45, 2.75) is 33.4 Å². The summed E-state index contributed by atoms with van der Waals surface area (Å²) in [7, 11) is -3.62. The standard InChI is InChI=1S/C18H27O5P/c1-5-21-18(19)17(24(20,22-6-2)23-7-3)15(4)13-14-16-11-9-8-10-12-16/h8-15,17H,5-7H2,1-4H3/b14-13+/t15-,17+/m0/s1. The van der Waals surface area contributed by atoms with Crippen molar-refractivity contribution < 1.29 is 23.1 Å². The average Bonchev–Trinajstić information content (AvgIpc) is 2.54.